The molecule has 36 heavy (non-hydrogen) atoms. The molecule has 198 valence electrons. The first kappa shape index (κ1) is 28.2. The van der Waals surface area contributed by atoms with E-state index < -0.39 is 0 Å². The summed E-state index contributed by atoms with van der Waals surface area (Å²) in [7, 11) is 0. The summed E-state index contributed by atoms with van der Waals surface area (Å²) < 4.78 is 2.07. The first-order valence-electron chi connectivity index (χ1n) is 13.2. The van der Waals surface area contributed by atoms with Crippen LogP contribution in [0.15, 0.2) is 35.5 Å². The molecule has 0 N–H and O–H groups in total. The standard InChI is InChI=1S/C28H43N5O2S/c1-21(19-28(4,5)6)18-26(35)32-16-15-31(20-22(32)2)25(34)14-10-11-17-36-27-30-29-23(3)33(27)24-12-8-7-9-13-24/h7-9,12-13,21-22H,10-11,14-20H2,1-6H3. The van der Waals surface area contributed by atoms with E-state index in [-0.39, 0.29) is 23.3 Å². The number of carbonyl (C=O) groups is 2. The van der Waals surface area contributed by atoms with Crippen molar-refractivity contribution in [1.29, 1.82) is 0 Å². The van der Waals surface area contributed by atoms with E-state index >= 15 is 0 Å². The van der Waals surface area contributed by atoms with E-state index in [4.69, 9.17) is 0 Å². The zero-order valence-corrected chi connectivity index (χ0v) is 23.7. The Kier molecular flexibility index (Phi) is 10.00. The van der Waals surface area contributed by atoms with Gasteiger partial charge in [-0.2, -0.15) is 0 Å². The third-order valence-corrected chi connectivity index (χ3v) is 7.63. The molecule has 1 saturated heterocycles. The van der Waals surface area contributed by atoms with E-state index in [1.165, 1.54) is 0 Å². The number of nitrogens with zero attached hydrogens (tertiary/aromatic N) is 5. The molecule has 0 spiro atoms. The van der Waals surface area contributed by atoms with Gasteiger partial charge in [-0.05, 0) is 56.6 Å². The van der Waals surface area contributed by atoms with Crippen LogP contribution in [0.1, 0.15) is 72.5 Å². The van der Waals surface area contributed by atoms with Crippen LogP contribution in [0.25, 0.3) is 5.69 Å². The van der Waals surface area contributed by atoms with Crippen LogP contribution in [0.4, 0.5) is 0 Å². The summed E-state index contributed by atoms with van der Waals surface area (Å²) in [6.45, 7) is 14.8. The molecule has 8 heteroatoms. The second-order valence-corrected chi connectivity index (χ2v) is 12.4. The zero-order valence-electron chi connectivity index (χ0n) is 22.9. The highest BCUT2D eigenvalue weighted by molar-refractivity contribution is 7.99. The highest BCUT2D eigenvalue weighted by Gasteiger charge is 2.30. The number of thioether (sulfide) groups is 1. The third kappa shape index (κ3) is 8.08. The molecule has 1 aliphatic heterocycles. The van der Waals surface area contributed by atoms with Gasteiger partial charge in [0.05, 0.1) is 0 Å². The number of carbonyl (C=O) groups excluding carboxylic acids is 2. The van der Waals surface area contributed by atoms with Gasteiger partial charge in [-0.25, -0.2) is 0 Å². The Bertz CT molecular complexity index is 1000. The van der Waals surface area contributed by atoms with Gasteiger partial charge in [0.1, 0.15) is 5.82 Å². The Labute approximate surface area is 221 Å². The molecule has 0 bridgehead atoms. The topological polar surface area (TPSA) is 71.3 Å². The van der Waals surface area contributed by atoms with Crippen LogP contribution < -0.4 is 0 Å². The molecule has 2 amide bonds. The SMILES string of the molecule is Cc1nnc(SCCCCC(=O)N2CCN(C(=O)CC(C)CC(C)(C)C)C(C)C2)n1-c1ccccc1. The van der Waals surface area contributed by atoms with Gasteiger partial charge in [0, 0.05) is 50.0 Å². The summed E-state index contributed by atoms with van der Waals surface area (Å²) in [6, 6.07) is 10.2. The van der Waals surface area contributed by atoms with Gasteiger partial charge < -0.3 is 9.80 Å². The molecular weight excluding hydrogens is 470 g/mol. The molecule has 1 aromatic heterocycles. The first-order valence-corrected chi connectivity index (χ1v) is 14.2. The summed E-state index contributed by atoms with van der Waals surface area (Å²) >= 11 is 1.68. The summed E-state index contributed by atoms with van der Waals surface area (Å²) in [5.41, 5.74) is 1.29. The van der Waals surface area contributed by atoms with Crippen molar-refractivity contribution >= 4 is 23.6 Å². The smallest absolute Gasteiger partial charge is 0.223 e. The fraction of sp³-hybridized carbons (Fsp3) is 0.643. The van der Waals surface area contributed by atoms with Crippen molar-refractivity contribution < 1.29 is 9.59 Å². The minimum Gasteiger partial charge on any atom is -0.339 e. The fourth-order valence-electron chi connectivity index (χ4n) is 5.10. The first-order chi connectivity index (χ1) is 17.0. The number of hydrogen-bond donors (Lipinski definition) is 0. The second-order valence-electron chi connectivity index (χ2n) is 11.4. The maximum Gasteiger partial charge on any atom is 0.223 e. The molecule has 1 aliphatic rings. The lowest BCUT2D eigenvalue weighted by molar-refractivity contribution is -0.143. The van der Waals surface area contributed by atoms with Gasteiger partial charge >= 0.3 is 0 Å². The largest absolute Gasteiger partial charge is 0.339 e. The lowest BCUT2D eigenvalue weighted by atomic mass is 9.84. The van der Waals surface area contributed by atoms with Crippen LogP contribution in [0.3, 0.4) is 0 Å². The fourth-order valence-corrected chi connectivity index (χ4v) is 6.09. The molecule has 7 nitrogen and oxygen atoms in total. The molecule has 0 saturated carbocycles. The number of unbranched alkanes of at least 4 members (excludes halogenated alkanes) is 1. The van der Waals surface area contributed by atoms with Gasteiger partial charge in [0.15, 0.2) is 5.16 Å². The Balaban J connectivity index is 1.38. The predicted molar refractivity (Wildman–Crippen MR) is 146 cm³/mol. The lowest BCUT2D eigenvalue weighted by Crippen LogP contribution is -2.55. The maximum atomic E-state index is 12.9. The van der Waals surface area contributed by atoms with E-state index in [1.54, 1.807) is 11.8 Å². The van der Waals surface area contributed by atoms with Crippen LogP contribution >= 0.6 is 11.8 Å². The lowest BCUT2D eigenvalue weighted by Gasteiger charge is -2.40. The molecule has 2 aromatic rings. The Morgan fingerprint density at radius 1 is 1.08 bits per heavy atom. The number of aromatic nitrogens is 3. The van der Waals surface area contributed by atoms with E-state index in [2.05, 4.69) is 61.5 Å². The molecule has 2 unspecified atom stereocenters. The van der Waals surface area contributed by atoms with Crippen LogP contribution in [0, 0.1) is 18.3 Å². The van der Waals surface area contributed by atoms with E-state index in [0.29, 0.717) is 38.4 Å². The van der Waals surface area contributed by atoms with Crippen molar-refractivity contribution in [3.05, 3.63) is 36.2 Å². The highest BCUT2D eigenvalue weighted by atomic mass is 32.2. The van der Waals surface area contributed by atoms with E-state index in [0.717, 1.165) is 41.7 Å². The quantitative estimate of drug-likeness (QED) is 0.316. The molecular formula is C28H43N5O2S. The third-order valence-electron chi connectivity index (χ3n) is 6.61. The summed E-state index contributed by atoms with van der Waals surface area (Å²) in [5.74, 6) is 2.55. The number of benzene rings is 1. The molecule has 2 atom stereocenters. The minimum atomic E-state index is 0.0696. The maximum absolute atomic E-state index is 12.9. The van der Waals surface area contributed by atoms with Gasteiger partial charge in [-0.15, -0.1) is 10.2 Å². The number of para-hydroxylation sites is 1. The van der Waals surface area contributed by atoms with Crippen molar-refractivity contribution in [1.82, 2.24) is 24.6 Å². The number of piperazine rings is 1. The van der Waals surface area contributed by atoms with Gasteiger partial charge in [-0.3, -0.25) is 14.2 Å². The second kappa shape index (κ2) is 12.7. The van der Waals surface area contributed by atoms with Crippen molar-refractivity contribution in [3.8, 4) is 5.69 Å². The molecule has 1 fully saturated rings. The average molecular weight is 514 g/mol. The van der Waals surface area contributed by atoms with Gasteiger partial charge in [0.2, 0.25) is 11.8 Å². The van der Waals surface area contributed by atoms with E-state index in [9.17, 15) is 9.59 Å². The molecule has 2 heterocycles. The Hall–Kier alpha value is -2.35. The molecule has 3 rings (SSSR count). The molecule has 0 radical (unpaired) electrons. The minimum absolute atomic E-state index is 0.0696. The van der Waals surface area contributed by atoms with Crippen LogP contribution in [-0.2, 0) is 9.59 Å². The van der Waals surface area contributed by atoms with Gasteiger partial charge in [0.25, 0.3) is 0 Å². The van der Waals surface area contributed by atoms with Crippen LogP contribution in [-0.4, -0.2) is 67.8 Å². The predicted octanol–water partition coefficient (Wildman–Crippen LogP) is 5.36. The highest BCUT2D eigenvalue weighted by Crippen LogP contribution is 2.27. The van der Waals surface area contributed by atoms with Crippen LogP contribution in [0.5, 0.6) is 0 Å². The Morgan fingerprint density at radius 2 is 1.81 bits per heavy atom. The normalized spacial score (nSPS) is 17.3. The van der Waals surface area contributed by atoms with E-state index in [1.807, 2.05) is 34.9 Å². The monoisotopic (exact) mass is 513 g/mol. The van der Waals surface area contributed by atoms with Crippen molar-refractivity contribution in [3.63, 3.8) is 0 Å². The molecule has 0 aliphatic carbocycles. The number of amides is 2. The average Bonchev–Trinajstić information content (AvgIpc) is 3.17. The summed E-state index contributed by atoms with van der Waals surface area (Å²) in [6.07, 6.45) is 3.96. The van der Waals surface area contributed by atoms with Crippen LogP contribution in [0.2, 0.25) is 0 Å². The van der Waals surface area contributed by atoms with Crippen molar-refractivity contribution in [2.75, 3.05) is 25.4 Å². The van der Waals surface area contributed by atoms with Gasteiger partial charge in [-0.1, -0.05) is 57.7 Å². The molecule has 1 aromatic carbocycles. The number of rotatable bonds is 10. The summed E-state index contributed by atoms with van der Waals surface area (Å²) in [5, 5.41) is 9.46. The van der Waals surface area contributed by atoms with Crippen molar-refractivity contribution in [2.24, 2.45) is 11.3 Å². The summed E-state index contributed by atoms with van der Waals surface area (Å²) in [4.78, 5) is 29.6. The Morgan fingerprint density at radius 3 is 2.47 bits per heavy atom. The number of hydrogen-bond acceptors (Lipinski definition) is 5. The van der Waals surface area contributed by atoms with Crippen molar-refractivity contribution in [2.45, 2.75) is 84.8 Å². The zero-order chi connectivity index (χ0) is 26.3. The number of aryl methyl sites for hydroxylation is 1.